The Morgan fingerprint density at radius 2 is 1.77 bits per heavy atom. The van der Waals surface area contributed by atoms with Crippen LogP contribution < -0.4 is 0 Å². The molecule has 26 heavy (non-hydrogen) atoms. The zero-order valence-corrected chi connectivity index (χ0v) is 17.1. The van der Waals surface area contributed by atoms with Crippen molar-refractivity contribution in [3.8, 4) is 0 Å². The number of ether oxygens (including phenoxy) is 4. The largest absolute Gasteiger partial charge is 0.492 e. The second-order valence-corrected chi connectivity index (χ2v) is 7.40. The molecule has 1 aliphatic rings. The first-order valence-electron chi connectivity index (χ1n) is 8.61. The average molecular weight is 381 g/mol. The van der Waals surface area contributed by atoms with Gasteiger partial charge in [-0.1, -0.05) is 30.3 Å². The fourth-order valence-corrected chi connectivity index (χ4v) is 4.63. The molecule has 0 bridgehead atoms. The van der Waals surface area contributed by atoms with Crippen LogP contribution >= 0.6 is 11.8 Å². The summed E-state index contributed by atoms with van der Waals surface area (Å²) in [6, 6.07) is 9.94. The Labute approximate surface area is 160 Å². The van der Waals surface area contributed by atoms with Gasteiger partial charge in [-0.3, -0.25) is 4.79 Å². The SMILES string of the molecule is COC1=C(OC)C(OC)(OC(C)C)C(SC)C(Cc2ccccc2)C1=O. The van der Waals surface area contributed by atoms with Gasteiger partial charge in [0.25, 0.3) is 0 Å². The van der Waals surface area contributed by atoms with Gasteiger partial charge in [0.1, 0.15) is 0 Å². The fraction of sp³-hybridized carbons (Fsp3) is 0.550. The molecule has 0 fully saturated rings. The summed E-state index contributed by atoms with van der Waals surface area (Å²) in [7, 11) is 4.56. The average Bonchev–Trinajstić information content (AvgIpc) is 2.64. The minimum Gasteiger partial charge on any atom is -0.492 e. The lowest BCUT2D eigenvalue weighted by Crippen LogP contribution is -2.58. The molecule has 0 heterocycles. The molecule has 144 valence electrons. The predicted octanol–water partition coefficient (Wildman–Crippen LogP) is 3.43. The molecule has 1 aromatic carbocycles. The van der Waals surface area contributed by atoms with Crippen molar-refractivity contribution < 1.29 is 23.7 Å². The van der Waals surface area contributed by atoms with Crippen molar-refractivity contribution in [2.75, 3.05) is 27.6 Å². The van der Waals surface area contributed by atoms with Crippen molar-refractivity contribution in [2.24, 2.45) is 5.92 Å². The highest BCUT2D eigenvalue weighted by atomic mass is 32.2. The maximum atomic E-state index is 13.2. The van der Waals surface area contributed by atoms with Crippen molar-refractivity contribution in [1.29, 1.82) is 0 Å². The van der Waals surface area contributed by atoms with Gasteiger partial charge >= 0.3 is 0 Å². The molecule has 0 saturated carbocycles. The normalized spacial score (nSPS) is 26.3. The Balaban J connectivity index is 2.60. The van der Waals surface area contributed by atoms with Gasteiger partial charge in [0, 0.05) is 13.0 Å². The molecule has 1 aromatic rings. The van der Waals surface area contributed by atoms with Gasteiger partial charge in [-0.05, 0) is 32.1 Å². The smallest absolute Gasteiger partial charge is 0.244 e. The van der Waals surface area contributed by atoms with Gasteiger partial charge in [0.15, 0.2) is 0 Å². The Hall–Kier alpha value is -1.50. The van der Waals surface area contributed by atoms with E-state index in [1.54, 1.807) is 18.9 Å². The maximum absolute atomic E-state index is 13.2. The summed E-state index contributed by atoms with van der Waals surface area (Å²) in [6.45, 7) is 3.86. The molecule has 1 aliphatic carbocycles. The second kappa shape index (κ2) is 8.93. The van der Waals surface area contributed by atoms with Crippen LogP contribution in [0.25, 0.3) is 0 Å². The van der Waals surface area contributed by atoms with Crippen molar-refractivity contribution in [1.82, 2.24) is 0 Å². The topological polar surface area (TPSA) is 54.0 Å². The molecule has 3 atom stereocenters. The molecule has 6 heteroatoms. The monoisotopic (exact) mass is 380 g/mol. The summed E-state index contributed by atoms with van der Waals surface area (Å²) in [4.78, 5) is 13.2. The van der Waals surface area contributed by atoms with E-state index in [1.165, 1.54) is 14.2 Å². The van der Waals surface area contributed by atoms with E-state index < -0.39 is 5.79 Å². The van der Waals surface area contributed by atoms with Crippen LogP contribution in [0, 0.1) is 5.92 Å². The van der Waals surface area contributed by atoms with Crippen LogP contribution in [0.2, 0.25) is 0 Å². The molecule has 0 aliphatic heterocycles. The van der Waals surface area contributed by atoms with Gasteiger partial charge in [-0.25, -0.2) is 0 Å². The van der Waals surface area contributed by atoms with Crippen LogP contribution in [-0.4, -0.2) is 50.5 Å². The van der Waals surface area contributed by atoms with E-state index in [1.807, 2.05) is 50.4 Å². The number of carbonyl (C=O) groups excluding carboxylic acids is 1. The van der Waals surface area contributed by atoms with Crippen molar-refractivity contribution in [2.45, 2.75) is 37.4 Å². The predicted molar refractivity (Wildman–Crippen MR) is 103 cm³/mol. The van der Waals surface area contributed by atoms with Crippen LogP contribution in [0.1, 0.15) is 19.4 Å². The first-order chi connectivity index (χ1) is 12.4. The molecule has 0 N–H and O–H groups in total. The minimum atomic E-state index is -1.19. The number of methoxy groups -OCH3 is 3. The summed E-state index contributed by atoms with van der Waals surface area (Å²) in [5, 5.41) is -0.281. The van der Waals surface area contributed by atoms with Gasteiger partial charge < -0.3 is 18.9 Å². The zero-order valence-electron chi connectivity index (χ0n) is 16.3. The third-order valence-corrected chi connectivity index (χ3v) is 5.64. The van der Waals surface area contributed by atoms with E-state index in [-0.39, 0.29) is 28.8 Å². The lowest BCUT2D eigenvalue weighted by molar-refractivity contribution is -0.243. The number of hydrogen-bond acceptors (Lipinski definition) is 6. The van der Waals surface area contributed by atoms with E-state index in [9.17, 15) is 4.79 Å². The summed E-state index contributed by atoms with van der Waals surface area (Å²) in [5.41, 5.74) is 1.08. The number of allylic oxidation sites excluding steroid dienone is 1. The quantitative estimate of drug-likeness (QED) is 0.644. The van der Waals surface area contributed by atoms with Gasteiger partial charge in [-0.2, -0.15) is 11.8 Å². The second-order valence-electron chi connectivity index (χ2n) is 6.42. The molecule has 2 rings (SSSR count). The fourth-order valence-electron chi connectivity index (χ4n) is 3.51. The Kier molecular flexibility index (Phi) is 7.15. The molecule has 0 aromatic heterocycles. The van der Waals surface area contributed by atoms with Gasteiger partial charge in [-0.15, -0.1) is 0 Å². The highest BCUT2D eigenvalue weighted by Gasteiger charge is 2.58. The third-order valence-electron chi connectivity index (χ3n) is 4.50. The molecule has 0 radical (unpaired) electrons. The Morgan fingerprint density at radius 1 is 1.12 bits per heavy atom. The lowest BCUT2D eigenvalue weighted by atomic mass is 9.81. The number of thioether (sulfide) groups is 1. The highest BCUT2D eigenvalue weighted by Crippen LogP contribution is 2.46. The lowest BCUT2D eigenvalue weighted by Gasteiger charge is -2.46. The van der Waals surface area contributed by atoms with Gasteiger partial charge in [0.2, 0.25) is 23.1 Å². The third kappa shape index (κ3) is 3.77. The van der Waals surface area contributed by atoms with E-state index in [0.29, 0.717) is 12.2 Å². The van der Waals surface area contributed by atoms with Crippen LogP contribution in [0.5, 0.6) is 0 Å². The number of Topliss-reactive ketones (excluding diaryl/α,β-unsaturated/α-hetero) is 1. The van der Waals surface area contributed by atoms with Crippen LogP contribution in [0.4, 0.5) is 0 Å². The Bertz CT molecular complexity index is 643. The zero-order chi connectivity index (χ0) is 19.3. The molecule has 3 unspecified atom stereocenters. The number of benzene rings is 1. The molecule has 5 nitrogen and oxygen atoms in total. The first kappa shape index (κ1) is 20.8. The van der Waals surface area contributed by atoms with Crippen molar-refractivity contribution >= 4 is 17.5 Å². The van der Waals surface area contributed by atoms with Crippen LogP contribution in [-0.2, 0) is 30.2 Å². The highest BCUT2D eigenvalue weighted by molar-refractivity contribution is 7.99. The number of ketones is 1. The number of carbonyl (C=O) groups is 1. The molecular formula is C20H28O5S. The summed E-state index contributed by atoms with van der Waals surface area (Å²) in [5.74, 6) is -1.18. The van der Waals surface area contributed by atoms with Crippen molar-refractivity contribution in [3.63, 3.8) is 0 Å². The van der Waals surface area contributed by atoms with E-state index in [2.05, 4.69) is 0 Å². The minimum absolute atomic E-state index is 0.0902. The van der Waals surface area contributed by atoms with Crippen LogP contribution in [0.15, 0.2) is 41.9 Å². The number of rotatable bonds is 8. The van der Waals surface area contributed by atoms with E-state index in [0.717, 1.165) is 5.56 Å². The summed E-state index contributed by atoms with van der Waals surface area (Å²) >= 11 is 1.54. The molecule has 0 spiro atoms. The molecular weight excluding hydrogens is 352 g/mol. The van der Waals surface area contributed by atoms with E-state index in [4.69, 9.17) is 18.9 Å². The first-order valence-corrected chi connectivity index (χ1v) is 9.90. The molecule has 0 amide bonds. The van der Waals surface area contributed by atoms with E-state index >= 15 is 0 Å². The maximum Gasteiger partial charge on any atom is 0.244 e. The number of hydrogen-bond donors (Lipinski definition) is 0. The van der Waals surface area contributed by atoms with Crippen LogP contribution in [0.3, 0.4) is 0 Å². The van der Waals surface area contributed by atoms with Crippen molar-refractivity contribution in [3.05, 3.63) is 47.4 Å². The summed E-state index contributed by atoms with van der Waals surface area (Å²) < 4.78 is 23.1. The molecule has 0 saturated heterocycles. The van der Waals surface area contributed by atoms with Gasteiger partial charge in [0.05, 0.1) is 25.6 Å². The standard InChI is InChI=1S/C20H28O5S/c1-13(2)25-20(24-5)18(23-4)17(22-3)16(21)15(19(20)26-6)12-14-10-8-7-9-11-14/h7-11,13,15,19H,12H2,1-6H3. The Morgan fingerprint density at radius 3 is 2.23 bits per heavy atom. The summed E-state index contributed by atoms with van der Waals surface area (Å²) in [6.07, 6.45) is 2.40.